The molecular weight excluding hydrogens is 378 g/mol. The van der Waals surface area contributed by atoms with Crippen LogP contribution in [0.4, 0.5) is 0 Å². The van der Waals surface area contributed by atoms with Crippen LogP contribution in [0.2, 0.25) is 5.02 Å². The summed E-state index contributed by atoms with van der Waals surface area (Å²) in [6, 6.07) is 16.2. The predicted molar refractivity (Wildman–Crippen MR) is 108 cm³/mol. The van der Waals surface area contributed by atoms with E-state index in [1.54, 1.807) is 36.1 Å². The Hall–Kier alpha value is -2.83. The fourth-order valence-corrected chi connectivity index (χ4v) is 3.20. The van der Waals surface area contributed by atoms with Crippen LogP contribution in [-0.4, -0.2) is 28.0 Å². The molecule has 0 saturated carbocycles. The summed E-state index contributed by atoms with van der Waals surface area (Å²) in [6.07, 6.45) is 0. The van der Waals surface area contributed by atoms with Crippen LogP contribution in [0.25, 0.3) is 5.69 Å². The molecule has 2 N–H and O–H groups in total. The Morgan fingerprint density at radius 2 is 1.86 bits per heavy atom. The maximum absolute atomic E-state index is 11.0. The van der Waals surface area contributed by atoms with Gasteiger partial charge in [-0.2, -0.15) is 5.10 Å². The van der Waals surface area contributed by atoms with Crippen molar-refractivity contribution < 1.29 is 14.6 Å². The van der Waals surface area contributed by atoms with Gasteiger partial charge in [0, 0.05) is 23.2 Å². The van der Waals surface area contributed by atoms with E-state index >= 15 is 0 Å². The summed E-state index contributed by atoms with van der Waals surface area (Å²) in [7, 11) is 1.58. The van der Waals surface area contributed by atoms with Crippen molar-refractivity contribution in [3.63, 3.8) is 0 Å². The topological polar surface area (TPSA) is 76.4 Å². The number of nitrogens with one attached hydrogen (secondary N) is 1. The highest BCUT2D eigenvalue weighted by Gasteiger charge is 2.18. The molecule has 7 heteroatoms. The number of aromatic nitrogens is 2. The first-order valence-electron chi connectivity index (χ1n) is 8.88. The van der Waals surface area contributed by atoms with Crippen LogP contribution in [0.1, 0.15) is 47.5 Å². The Kier molecular flexibility index (Phi) is 6.02. The standard InChI is InChI=1S/C21H22ClN3O3/c1-13(16-5-4-6-17(22)11-16)23-14(2)19-12-20(28-3)25(24-19)18-9-7-15(8-10-18)21(26)27/h4-14,23H,1-3H3,(H,26,27)/t13-,14-/m1/s1. The van der Waals surface area contributed by atoms with Crippen LogP contribution in [0, 0.1) is 0 Å². The second-order valence-electron chi connectivity index (χ2n) is 6.54. The molecule has 0 spiro atoms. The van der Waals surface area contributed by atoms with E-state index in [2.05, 4.69) is 17.3 Å². The number of benzene rings is 2. The van der Waals surface area contributed by atoms with Crippen LogP contribution in [0.15, 0.2) is 54.6 Å². The van der Waals surface area contributed by atoms with Gasteiger partial charge in [-0.15, -0.1) is 0 Å². The van der Waals surface area contributed by atoms with Crippen LogP contribution < -0.4 is 10.1 Å². The smallest absolute Gasteiger partial charge is 0.335 e. The first-order chi connectivity index (χ1) is 13.4. The Morgan fingerprint density at radius 3 is 2.46 bits per heavy atom. The van der Waals surface area contributed by atoms with E-state index in [1.807, 2.05) is 37.3 Å². The molecule has 0 aliphatic rings. The highest BCUT2D eigenvalue weighted by Crippen LogP contribution is 2.25. The lowest BCUT2D eigenvalue weighted by Gasteiger charge is -2.19. The van der Waals surface area contributed by atoms with Crippen molar-refractivity contribution in [2.75, 3.05) is 7.11 Å². The molecule has 0 aliphatic heterocycles. The van der Waals surface area contributed by atoms with Crippen LogP contribution in [0.3, 0.4) is 0 Å². The minimum Gasteiger partial charge on any atom is -0.481 e. The molecule has 0 aliphatic carbocycles. The Morgan fingerprint density at radius 1 is 1.14 bits per heavy atom. The molecule has 2 aromatic carbocycles. The molecular formula is C21H22ClN3O3. The largest absolute Gasteiger partial charge is 0.481 e. The summed E-state index contributed by atoms with van der Waals surface area (Å²) >= 11 is 6.09. The summed E-state index contributed by atoms with van der Waals surface area (Å²) in [5.74, 6) is -0.394. The third kappa shape index (κ3) is 4.35. The van der Waals surface area contributed by atoms with Crippen molar-refractivity contribution in [3.05, 3.63) is 76.4 Å². The summed E-state index contributed by atoms with van der Waals surface area (Å²) in [4.78, 5) is 11.0. The lowest BCUT2D eigenvalue weighted by molar-refractivity contribution is 0.0697. The molecule has 0 bridgehead atoms. The van der Waals surface area contributed by atoms with Crippen molar-refractivity contribution in [2.24, 2.45) is 0 Å². The number of aromatic carboxylic acids is 1. The van der Waals surface area contributed by atoms with Gasteiger partial charge in [-0.1, -0.05) is 23.7 Å². The van der Waals surface area contributed by atoms with Gasteiger partial charge in [0.25, 0.3) is 0 Å². The first kappa shape index (κ1) is 19.9. The molecule has 0 amide bonds. The number of carboxylic acids is 1. The van der Waals surface area contributed by atoms with Crippen molar-refractivity contribution in [1.82, 2.24) is 15.1 Å². The van der Waals surface area contributed by atoms with Gasteiger partial charge in [-0.25, -0.2) is 9.48 Å². The average Bonchev–Trinajstić information content (AvgIpc) is 3.12. The Balaban J connectivity index is 1.82. The maximum atomic E-state index is 11.0. The minimum atomic E-state index is -0.965. The van der Waals surface area contributed by atoms with E-state index in [4.69, 9.17) is 21.4 Å². The molecule has 6 nitrogen and oxygen atoms in total. The van der Waals surface area contributed by atoms with Crippen molar-refractivity contribution >= 4 is 17.6 Å². The third-order valence-corrected chi connectivity index (χ3v) is 4.79. The summed E-state index contributed by atoms with van der Waals surface area (Å²) in [6.45, 7) is 4.10. The number of carbonyl (C=O) groups is 1. The van der Waals surface area contributed by atoms with Gasteiger partial charge in [-0.3, -0.25) is 0 Å². The predicted octanol–water partition coefficient (Wildman–Crippen LogP) is 4.64. The molecule has 1 heterocycles. The van der Waals surface area contributed by atoms with Gasteiger partial charge in [0.1, 0.15) is 0 Å². The van der Waals surface area contributed by atoms with Crippen molar-refractivity contribution in [1.29, 1.82) is 0 Å². The van der Waals surface area contributed by atoms with Crippen LogP contribution in [0.5, 0.6) is 5.88 Å². The summed E-state index contributed by atoms with van der Waals surface area (Å²) in [5.41, 5.74) is 2.85. The highest BCUT2D eigenvalue weighted by atomic mass is 35.5. The number of carboxylic acid groups (broad SMARTS) is 1. The first-order valence-corrected chi connectivity index (χ1v) is 9.26. The van der Waals surface area contributed by atoms with Gasteiger partial charge in [0.15, 0.2) is 0 Å². The molecule has 146 valence electrons. The Labute approximate surface area is 168 Å². The van der Waals surface area contributed by atoms with E-state index in [1.165, 1.54) is 0 Å². The molecule has 3 rings (SSSR count). The number of methoxy groups -OCH3 is 1. The van der Waals surface area contributed by atoms with Gasteiger partial charge < -0.3 is 15.2 Å². The van der Waals surface area contributed by atoms with Crippen LogP contribution >= 0.6 is 11.6 Å². The van der Waals surface area contributed by atoms with E-state index < -0.39 is 5.97 Å². The molecule has 1 aromatic heterocycles. The normalized spacial score (nSPS) is 13.1. The second-order valence-corrected chi connectivity index (χ2v) is 6.98. The third-order valence-electron chi connectivity index (χ3n) is 4.56. The number of halogens is 1. The van der Waals surface area contributed by atoms with Gasteiger partial charge in [0.2, 0.25) is 5.88 Å². The zero-order valence-corrected chi connectivity index (χ0v) is 16.6. The number of hydrogen-bond donors (Lipinski definition) is 2. The lowest BCUT2D eigenvalue weighted by atomic mass is 10.1. The number of hydrogen-bond acceptors (Lipinski definition) is 4. The van der Waals surface area contributed by atoms with E-state index in [0.717, 1.165) is 16.9 Å². The molecule has 0 radical (unpaired) electrons. The quantitative estimate of drug-likeness (QED) is 0.605. The molecule has 0 fully saturated rings. The number of rotatable bonds is 7. The molecule has 0 saturated heterocycles. The molecule has 3 aromatic rings. The lowest BCUT2D eigenvalue weighted by Crippen LogP contribution is -2.23. The highest BCUT2D eigenvalue weighted by molar-refractivity contribution is 6.30. The fourth-order valence-electron chi connectivity index (χ4n) is 3.00. The number of ether oxygens (including phenoxy) is 1. The van der Waals surface area contributed by atoms with E-state index in [-0.39, 0.29) is 17.6 Å². The van der Waals surface area contributed by atoms with Gasteiger partial charge in [0.05, 0.1) is 24.1 Å². The number of nitrogens with zero attached hydrogens (tertiary/aromatic N) is 2. The molecule has 0 unspecified atom stereocenters. The van der Waals surface area contributed by atoms with Crippen molar-refractivity contribution in [3.8, 4) is 11.6 Å². The van der Waals surface area contributed by atoms with Gasteiger partial charge in [-0.05, 0) is 55.8 Å². The van der Waals surface area contributed by atoms with E-state index in [9.17, 15) is 4.79 Å². The molecule has 2 atom stereocenters. The minimum absolute atomic E-state index is 0.0394. The van der Waals surface area contributed by atoms with Gasteiger partial charge >= 0.3 is 5.97 Å². The fraction of sp³-hybridized carbons (Fsp3) is 0.238. The summed E-state index contributed by atoms with van der Waals surface area (Å²) < 4.78 is 7.11. The second kappa shape index (κ2) is 8.46. The zero-order chi connectivity index (χ0) is 20.3. The molecule has 28 heavy (non-hydrogen) atoms. The van der Waals surface area contributed by atoms with Crippen molar-refractivity contribution in [2.45, 2.75) is 25.9 Å². The zero-order valence-electron chi connectivity index (χ0n) is 15.9. The Bertz CT molecular complexity index is 969. The SMILES string of the molecule is COc1cc([C@@H](C)N[C@H](C)c2cccc(Cl)c2)nn1-c1ccc(C(=O)O)cc1. The maximum Gasteiger partial charge on any atom is 0.335 e. The van der Waals surface area contributed by atoms with E-state index in [0.29, 0.717) is 10.9 Å². The average molecular weight is 400 g/mol. The van der Waals surface area contributed by atoms with Crippen LogP contribution in [-0.2, 0) is 0 Å². The summed E-state index contributed by atoms with van der Waals surface area (Å²) in [5, 5.41) is 17.9. The monoisotopic (exact) mass is 399 g/mol.